The second kappa shape index (κ2) is 10.1. The van der Waals surface area contributed by atoms with E-state index in [4.69, 9.17) is 5.26 Å². The van der Waals surface area contributed by atoms with Gasteiger partial charge in [-0.15, -0.1) is 0 Å². The molecule has 1 fully saturated rings. The molecule has 1 aliphatic rings. The summed E-state index contributed by atoms with van der Waals surface area (Å²) in [4.78, 5) is 0. The van der Waals surface area contributed by atoms with Gasteiger partial charge < -0.3 is 5.32 Å². The molecule has 1 saturated carbocycles. The molecule has 0 aromatic carbocycles. The molecule has 19 heavy (non-hydrogen) atoms. The standard InChI is InChI=1S/C11H17F3N2.C3H8/c12-11(13,14)6-8-16-10-3-1-9(2-4-10)5-7-15;1-3-2/h9-10,16H,1-6,8H2;3H2,1-2H3. The largest absolute Gasteiger partial charge is 0.390 e. The summed E-state index contributed by atoms with van der Waals surface area (Å²) in [6.45, 7) is 4.26. The molecule has 0 spiro atoms. The van der Waals surface area contributed by atoms with Gasteiger partial charge in [-0.1, -0.05) is 20.3 Å². The Hall–Kier alpha value is -0.760. The molecule has 1 N–H and O–H groups in total. The second-order valence-corrected chi connectivity index (χ2v) is 5.11. The normalized spacial score (nSPS) is 23.2. The highest BCUT2D eigenvalue weighted by atomic mass is 19.4. The van der Waals surface area contributed by atoms with E-state index >= 15 is 0 Å². The number of nitrogens with one attached hydrogen (secondary N) is 1. The van der Waals surface area contributed by atoms with Crippen molar-refractivity contribution >= 4 is 0 Å². The topological polar surface area (TPSA) is 35.8 Å². The van der Waals surface area contributed by atoms with E-state index in [9.17, 15) is 13.2 Å². The van der Waals surface area contributed by atoms with E-state index in [1.165, 1.54) is 6.42 Å². The number of hydrogen-bond acceptors (Lipinski definition) is 2. The van der Waals surface area contributed by atoms with Crippen LogP contribution in [0.3, 0.4) is 0 Å². The summed E-state index contributed by atoms with van der Waals surface area (Å²) in [6, 6.07) is 2.35. The minimum Gasteiger partial charge on any atom is -0.314 e. The van der Waals surface area contributed by atoms with Gasteiger partial charge in [0, 0.05) is 19.0 Å². The van der Waals surface area contributed by atoms with Crippen molar-refractivity contribution in [1.29, 1.82) is 5.26 Å². The van der Waals surface area contributed by atoms with Crippen molar-refractivity contribution in [3.8, 4) is 6.07 Å². The van der Waals surface area contributed by atoms with Gasteiger partial charge in [0.2, 0.25) is 0 Å². The highest BCUT2D eigenvalue weighted by Gasteiger charge is 2.27. The lowest BCUT2D eigenvalue weighted by molar-refractivity contribution is -0.133. The van der Waals surface area contributed by atoms with E-state index in [2.05, 4.69) is 25.2 Å². The number of alkyl halides is 3. The van der Waals surface area contributed by atoms with Crippen molar-refractivity contribution in [3.05, 3.63) is 0 Å². The molecule has 0 aliphatic heterocycles. The summed E-state index contributed by atoms with van der Waals surface area (Å²) in [5.74, 6) is 0.450. The molecule has 1 rings (SSSR count). The van der Waals surface area contributed by atoms with Crippen LogP contribution >= 0.6 is 0 Å². The first-order chi connectivity index (χ1) is 8.92. The zero-order valence-corrected chi connectivity index (χ0v) is 11.9. The average molecular weight is 278 g/mol. The predicted octanol–water partition coefficient (Wildman–Crippen LogP) is 4.42. The van der Waals surface area contributed by atoms with E-state index in [0.29, 0.717) is 12.3 Å². The molecule has 0 radical (unpaired) electrons. The quantitative estimate of drug-likeness (QED) is 0.826. The van der Waals surface area contributed by atoms with Crippen molar-refractivity contribution in [1.82, 2.24) is 5.32 Å². The Labute approximate surface area is 114 Å². The fraction of sp³-hybridized carbons (Fsp3) is 0.929. The third kappa shape index (κ3) is 10.8. The molecular weight excluding hydrogens is 253 g/mol. The Balaban J connectivity index is 0.000000982. The Morgan fingerprint density at radius 3 is 2.11 bits per heavy atom. The molecule has 0 atom stereocenters. The molecule has 0 amide bonds. The Bertz CT molecular complexity index is 250. The molecule has 1 aliphatic carbocycles. The number of rotatable bonds is 4. The zero-order valence-electron chi connectivity index (χ0n) is 11.9. The number of hydrogen-bond donors (Lipinski definition) is 1. The van der Waals surface area contributed by atoms with Crippen LogP contribution in [0.15, 0.2) is 0 Å². The fourth-order valence-electron chi connectivity index (χ4n) is 2.12. The van der Waals surface area contributed by atoms with Crippen molar-refractivity contribution in [2.75, 3.05) is 6.54 Å². The number of halogens is 3. The summed E-state index contributed by atoms with van der Waals surface area (Å²) in [5, 5.41) is 11.5. The maximum Gasteiger partial charge on any atom is 0.390 e. The molecule has 0 aromatic rings. The first-order valence-corrected chi connectivity index (χ1v) is 7.10. The molecule has 2 nitrogen and oxygen atoms in total. The molecule has 5 heteroatoms. The number of nitriles is 1. The molecule has 112 valence electrons. The van der Waals surface area contributed by atoms with Gasteiger partial charge in [-0.25, -0.2) is 0 Å². The van der Waals surface area contributed by atoms with Crippen LogP contribution < -0.4 is 5.32 Å². The van der Waals surface area contributed by atoms with E-state index in [1.807, 2.05) is 0 Å². The molecule has 0 heterocycles. The Morgan fingerprint density at radius 1 is 1.16 bits per heavy atom. The minimum atomic E-state index is -4.06. The van der Waals surface area contributed by atoms with Gasteiger partial charge in [0.05, 0.1) is 12.5 Å². The third-order valence-corrected chi connectivity index (χ3v) is 3.07. The van der Waals surface area contributed by atoms with Crippen LogP contribution in [0, 0.1) is 17.2 Å². The lowest BCUT2D eigenvalue weighted by Gasteiger charge is -2.28. The minimum absolute atomic E-state index is 0.0110. The van der Waals surface area contributed by atoms with Gasteiger partial charge in [0.15, 0.2) is 0 Å². The van der Waals surface area contributed by atoms with Crippen molar-refractivity contribution in [3.63, 3.8) is 0 Å². The van der Waals surface area contributed by atoms with Gasteiger partial charge in [0.25, 0.3) is 0 Å². The maximum atomic E-state index is 11.9. The van der Waals surface area contributed by atoms with E-state index in [-0.39, 0.29) is 12.6 Å². The van der Waals surface area contributed by atoms with E-state index in [1.54, 1.807) is 0 Å². The highest BCUT2D eigenvalue weighted by Crippen LogP contribution is 2.26. The highest BCUT2D eigenvalue weighted by molar-refractivity contribution is 4.83. The van der Waals surface area contributed by atoms with Crippen LogP contribution in [0.2, 0.25) is 0 Å². The first kappa shape index (κ1) is 18.2. The molecular formula is C14H25F3N2. The lowest BCUT2D eigenvalue weighted by Crippen LogP contribution is -2.35. The van der Waals surface area contributed by atoms with Crippen LogP contribution in [0.5, 0.6) is 0 Å². The Kier molecular flexibility index (Phi) is 9.68. The summed E-state index contributed by atoms with van der Waals surface area (Å²) >= 11 is 0. The molecule has 0 bridgehead atoms. The van der Waals surface area contributed by atoms with Crippen molar-refractivity contribution < 1.29 is 13.2 Å². The van der Waals surface area contributed by atoms with E-state index < -0.39 is 12.6 Å². The fourth-order valence-corrected chi connectivity index (χ4v) is 2.12. The first-order valence-electron chi connectivity index (χ1n) is 7.10. The molecule has 0 saturated heterocycles. The predicted molar refractivity (Wildman–Crippen MR) is 70.6 cm³/mol. The van der Waals surface area contributed by atoms with Gasteiger partial charge >= 0.3 is 6.18 Å². The smallest absolute Gasteiger partial charge is 0.314 e. The number of nitrogens with zero attached hydrogens (tertiary/aromatic N) is 1. The third-order valence-electron chi connectivity index (χ3n) is 3.07. The van der Waals surface area contributed by atoms with E-state index in [0.717, 1.165) is 25.7 Å². The van der Waals surface area contributed by atoms with Gasteiger partial charge in [-0.3, -0.25) is 0 Å². The lowest BCUT2D eigenvalue weighted by atomic mass is 9.84. The SMILES string of the molecule is CCC.N#CCC1CCC(NCCC(F)(F)F)CC1. The Morgan fingerprint density at radius 2 is 1.68 bits per heavy atom. The summed E-state index contributed by atoms with van der Waals surface area (Å²) in [5.41, 5.74) is 0. The van der Waals surface area contributed by atoms with Crippen LogP contribution in [0.25, 0.3) is 0 Å². The summed E-state index contributed by atoms with van der Waals surface area (Å²) in [6.07, 6.45) is 0.703. The average Bonchev–Trinajstić information content (AvgIpc) is 2.31. The monoisotopic (exact) mass is 278 g/mol. The van der Waals surface area contributed by atoms with Crippen LogP contribution in [0.4, 0.5) is 13.2 Å². The van der Waals surface area contributed by atoms with Crippen LogP contribution in [-0.2, 0) is 0 Å². The van der Waals surface area contributed by atoms with Gasteiger partial charge in [-0.2, -0.15) is 18.4 Å². The molecule has 0 unspecified atom stereocenters. The van der Waals surface area contributed by atoms with Crippen LogP contribution in [0.1, 0.15) is 58.8 Å². The van der Waals surface area contributed by atoms with Gasteiger partial charge in [0.1, 0.15) is 0 Å². The zero-order chi connectivity index (χ0) is 14.7. The maximum absolute atomic E-state index is 11.9. The molecule has 0 aromatic heterocycles. The second-order valence-electron chi connectivity index (χ2n) is 5.11. The van der Waals surface area contributed by atoms with Crippen molar-refractivity contribution in [2.45, 2.75) is 71.0 Å². The van der Waals surface area contributed by atoms with Crippen LogP contribution in [-0.4, -0.2) is 18.8 Å². The van der Waals surface area contributed by atoms with Gasteiger partial charge in [-0.05, 0) is 31.6 Å². The van der Waals surface area contributed by atoms with Crippen molar-refractivity contribution in [2.24, 2.45) is 5.92 Å². The summed E-state index contributed by atoms with van der Waals surface area (Å²) in [7, 11) is 0. The summed E-state index contributed by atoms with van der Waals surface area (Å²) < 4.78 is 35.7.